The van der Waals surface area contributed by atoms with Gasteiger partial charge in [-0.15, -0.1) is 0 Å². The fourth-order valence-electron chi connectivity index (χ4n) is 2.28. The fraction of sp³-hybridized carbons (Fsp3) is 0.125. The van der Waals surface area contributed by atoms with Gasteiger partial charge in [-0.1, -0.05) is 18.2 Å². The molecule has 0 saturated heterocycles. The van der Waals surface area contributed by atoms with Gasteiger partial charge in [0.1, 0.15) is 5.76 Å². The van der Waals surface area contributed by atoms with Crippen molar-refractivity contribution in [3.63, 3.8) is 0 Å². The van der Waals surface area contributed by atoms with Crippen molar-refractivity contribution in [2.75, 3.05) is 0 Å². The van der Waals surface area contributed by atoms with Crippen LogP contribution in [0.15, 0.2) is 57.9 Å². The molecule has 3 aromatic rings. The van der Waals surface area contributed by atoms with Crippen molar-refractivity contribution in [3.05, 3.63) is 70.4 Å². The number of carbonyl (C=O) groups excluding carboxylic acids is 1. The van der Waals surface area contributed by atoms with Crippen molar-refractivity contribution in [1.29, 1.82) is 0 Å². The number of para-hydroxylation sites is 1. The van der Waals surface area contributed by atoms with E-state index in [4.69, 9.17) is 4.42 Å². The summed E-state index contributed by atoms with van der Waals surface area (Å²) in [7, 11) is 0. The van der Waals surface area contributed by atoms with Crippen molar-refractivity contribution in [1.82, 2.24) is 10.3 Å². The number of furan rings is 1. The molecule has 0 aliphatic carbocycles. The van der Waals surface area contributed by atoms with Crippen LogP contribution >= 0.6 is 0 Å². The van der Waals surface area contributed by atoms with Crippen molar-refractivity contribution >= 4 is 16.8 Å². The van der Waals surface area contributed by atoms with Gasteiger partial charge in [-0.25, -0.2) is 0 Å². The molecule has 1 amide bonds. The number of H-pyrrole nitrogens is 1. The molecule has 5 heteroatoms. The zero-order valence-corrected chi connectivity index (χ0v) is 11.4. The highest BCUT2D eigenvalue weighted by Gasteiger charge is 2.16. The number of aromatic amines is 1. The lowest BCUT2D eigenvalue weighted by molar-refractivity contribution is 0.0937. The maximum atomic E-state index is 12.4. The first-order chi connectivity index (χ1) is 10.1. The molecule has 0 saturated carbocycles. The van der Waals surface area contributed by atoms with Gasteiger partial charge in [0.25, 0.3) is 5.91 Å². The number of aromatic nitrogens is 1. The molecule has 3 rings (SSSR count). The molecule has 1 aromatic carbocycles. The first-order valence-electron chi connectivity index (χ1n) is 6.61. The number of pyridine rings is 1. The predicted octanol–water partition coefficient (Wildman–Crippen LogP) is 2.61. The third kappa shape index (κ3) is 2.58. The standard InChI is InChI=1S/C16H14N2O3/c1-10(14-7-4-8-21-14)17-16(20)12-9-15(19)18-13-6-3-2-5-11(12)13/h2-10H,1H3,(H,17,20)(H,18,19). The Labute approximate surface area is 120 Å². The minimum atomic E-state index is -0.304. The monoisotopic (exact) mass is 282 g/mol. The van der Waals surface area contributed by atoms with Gasteiger partial charge in [0.15, 0.2) is 0 Å². The van der Waals surface area contributed by atoms with E-state index in [1.807, 2.05) is 19.1 Å². The van der Waals surface area contributed by atoms with E-state index in [9.17, 15) is 9.59 Å². The Morgan fingerprint density at radius 1 is 1.24 bits per heavy atom. The second-order valence-electron chi connectivity index (χ2n) is 4.80. The fourth-order valence-corrected chi connectivity index (χ4v) is 2.28. The second kappa shape index (κ2) is 5.28. The van der Waals surface area contributed by atoms with E-state index in [-0.39, 0.29) is 17.5 Å². The molecule has 0 aliphatic rings. The van der Waals surface area contributed by atoms with E-state index in [1.54, 1.807) is 30.5 Å². The largest absolute Gasteiger partial charge is 0.467 e. The number of fused-ring (bicyclic) bond motifs is 1. The molecular formula is C16H14N2O3. The Kier molecular flexibility index (Phi) is 3.31. The van der Waals surface area contributed by atoms with Crippen LogP contribution in [0.4, 0.5) is 0 Å². The topological polar surface area (TPSA) is 75.1 Å². The number of carbonyl (C=O) groups is 1. The average Bonchev–Trinajstić information content (AvgIpc) is 3.00. The number of hydrogen-bond donors (Lipinski definition) is 2. The molecule has 0 radical (unpaired) electrons. The summed E-state index contributed by atoms with van der Waals surface area (Å²) >= 11 is 0. The van der Waals surface area contributed by atoms with Crippen LogP contribution in [-0.4, -0.2) is 10.9 Å². The lowest BCUT2D eigenvalue weighted by Gasteiger charge is -2.12. The molecule has 2 heterocycles. The Morgan fingerprint density at radius 3 is 2.81 bits per heavy atom. The van der Waals surface area contributed by atoms with Crippen LogP contribution in [0.5, 0.6) is 0 Å². The van der Waals surface area contributed by atoms with Crippen LogP contribution in [0.1, 0.15) is 29.1 Å². The third-order valence-corrected chi connectivity index (χ3v) is 3.31. The molecule has 5 nitrogen and oxygen atoms in total. The third-order valence-electron chi connectivity index (χ3n) is 3.31. The summed E-state index contributed by atoms with van der Waals surface area (Å²) in [4.78, 5) is 26.8. The number of rotatable bonds is 3. The molecule has 1 atom stereocenters. The normalized spacial score (nSPS) is 12.2. The van der Waals surface area contributed by atoms with Gasteiger partial charge >= 0.3 is 0 Å². The van der Waals surface area contributed by atoms with Crippen molar-refractivity contribution in [3.8, 4) is 0 Å². The highest BCUT2D eigenvalue weighted by Crippen LogP contribution is 2.17. The van der Waals surface area contributed by atoms with Gasteiger partial charge in [-0.05, 0) is 25.1 Å². The number of benzene rings is 1. The molecule has 0 aliphatic heterocycles. The van der Waals surface area contributed by atoms with Gasteiger partial charge < -0.3 is 14.7 Å². The van der Waals surface area contributed by atoms with E-state index in [2.05, 4.69) is 10.3 Å². The van der Waals surface area contributed by atoms with Crippen molar-refractivity contribution in [2.45, 2.75) is 13.0 Å². The zero-order chi connectivity index (χ0) is 14.8. The molecular weight excluding hydrogens is 268 g/mol. The molecule has 1 unspecified atom stereocenters. The Hall–Kier alpha value is -2.82. The van der Waals surface area contributed by atoms with Crippen LogP contribution < -0.4 is 10.9 Å². The van der Waals surface area contributed by atoms with E-state index in [0.29, 0.717) is 22.2 Å². The first-order valence-corrected chi connectivity index (χ1v) is 6.61. The van der Waals surface area contributed by atoms with Gasteiger partial charge in [0, 0.05) is 17.0 Å². The minimum Gasteiger partial charge on any atom is -0.467 e. The minimum absolute atomic E-state index is 0.273. The van der Waals surface area contributed by atoms with Crippen LogP contribution in [0.3, 0.4) is 0 Å². The van der Waals surface area contributed by atoms with E-state index in [0.717, 1.165) is 0 Å². The van der Waals surface area contributed by atoms with Gasteiger partial charge in [0.2, 0.25) is 5.56 Å². The second-order valence-corrected chi connectivity index (χ2v) is 4.80. The zero-order valence-electron chi connectivity index (χ0n) is 11.4. The number of nitrogens with one attached hydrogen (secondary N) is 2. The molecule has 0 spiro atoms. The molecule has 0 bridgehead atoms. The maximum Gasteiger partial charge on any atom is 0.252 e. The lowest BCUT2D eigenvalue weighted by Crippen LogP contribution is -2.27. The summed E-state index contributed by atoms with van der Waals surface area (Å²) < 4.78 is 5.26. The molecule has 2 N–H and O–H groups in total. The number of amides is 1. The predicted molar refractivity (Wildman–Crippen MR) is 79.2 cm³/mol. The summed E-state index contributed by atoms with van der Waals surface area (Å²) in [5.74, 6) is 0.360. The average molecular weight is 282 g/mol. The van der Waals surface area contributed by atoms with Crippen LogP contribution in [0.2, 0.25) is 0 Å². The molecule has 0 fully saturated rings. The Balaban J connectivity index is 1.96. The summed E-state index contributed by atoms with van der Waals surface area (Å²) in [6, 6.07) is 11.8. The van der Waals surface area contributed by atoms with Crippen molar-refractivity contribution < 1.29 is 9.21 Å². The number of hydrogen-bond acceptors (Lipinski definition) is 3. The first kappa shape index (κ1) is 13.2. The smallest absolute Gasteiger partial charge is 0.252 e. The summed E-state index contributed by atoms with van der Waals surface area (Å²) in [5, 5.41) is 3.54. The summed E-state index contributed by atoms with van der Waals surface area (Å²) in [5.41, 5.74) is 0.693. The van der Waals surface area contributed by atoms with Gasteiger partial charge in [-0.3, -0.25) is 9.59 Å². The van der Waals surface area contributed by atoms with Gasteiger partial charge in [-0.2, -0.15) is 0 Å². The van der Waals surface area contributed by atoms with E-state index in [1.165, 1.54) is 6.07 Å². The van der Waals surface area contributed by atoms with Crippen LogP contribution in [0, 0.1) is 0 Å². The Morgan fingerprint density at radius 2 is 2.05 bits per heavy atom. The Bertz CT molecular complexity index is 834. The summed E-state index contributed by atoms with van der Waals surface area (Å²) in [6.07, 6.45) is 1.56. The highest BCUT2D eigenvalue weighted by molar-refractivity contribution is 6.06. The van der Waals surface area contributed by atoms with Gasteiger partial charge in [0.05, 0.1) is 17.9 Å². The van der Waals surface area contributed by atoms with E-state index >= 15 is 0 Å². The van der Waals surface area contributed by atoms with Crippen molar-refractivity contribution in [2.24, 2.45) is 0 Å². The van der Waals surface area contributed by atoms with Crippen LogP contribution in [-0.2, 0) is 0 Å². The van der Waals surface area contributed by atoms with Crippen LogP contribution in [0.25, 0.3) is 10.9 Å². The lowest BCUT2D eigenvalue weighted by atomic mass is 10.1. The molecule has 21 heavy (non-hydrogen) atoms. The highest BCUT2D eigenvalue weighted by atomic mass is 16.3. The molecule has 106 valence electrons. The van der Waals surface area contributed by atoms with E-state index < -0.39 is 0 Å². The molecule has 2 aromatic heterocycles. The maximum absolute atomic E-state index is 12.4. The SMILES string of the molecule is CC(NC(=O)c1cc(=O)[nH]c2ccccc12)c1ccco1. The quantitative estimate of drug-likeness (QED) is 0.775. The summed E-state index contributed by atoms with van der Waals surface area (Å²) in [6.45, 7) is 1.83.